The SMILES string of the molecule is Cc1ccc(Br)c(NC2CCCc3cccnc32)c1. The Kier molecular flexibility index (Phi) is 3.56. The first-order chi connectivity index (χ1) is 9.24. The molecule has 0 aliphatic heterocycles. The lowest BCUT2D eigenvalue weighted by Gasteiger charge is -2.26. The molecule has 2 nitrogen and oxygen atoms in total. The first kappa shape index (κ1) is 12.7. The normalized spacial score (nSPS) is 17.9. The summed E-state index contributed by atoms with van der Waals surface area (Å²) >= 11 is 3.61. The zero-order chi connectivity index (χ0) is 13.2. The van der Waals surface area contributed by atoms with Crippen molar-refractivity contribution < 1.29 is 0 Å². The number of fused-ring (bicyclic) bond motifs is 1. The molecule has 0 saturated carbocycles. The fourth-order valence-corrected chi connectivity index (χ4v) is 3.05. The van der Waals surface area contributed by atoms with Gasteiger partial charge in [0.15, 0.2) is 0 Å². The second-order valence-corrected chi connectivity index (χ2v) is 5.97. The maximum Gasteiger partial charge on any atom is 0.0688 e. The van der Waals surface area contributed by atoms with Crippen LogP contribution in [0.3, 0.4) is 0 Å². The van der Waals surface area contributed by atoms with Gasteiger partial charge in [0, 0.05) is 16.4 Å². The Hall–Kier alpha value is -1.35. The predicted octanol–water partition coefficient (Wildman–Crippen LogP) is 4.64. The molecule has 0 bridgehead atoms. The van der Waals surface area contributed by atoms with Gasteiger partial charge < -0.3 is 5.32 Å². The number of hydrogen-bond acceptors (Lipinski definition) is 2. The van der Waals surface area contributed by atoms with Crippen LogP contribution in [0.4, 0.5) is 5.69 Å². The fraction of sp³-hybridized carbons (Fsp3) is 0.312. The molecule has 3 rings (SSSR count). The largest absolute Gasteiger partial charge is 0.376 e. The summed E-state index contributed by atoms with van der Waals surface area (Å²) in [5.41, 5.74) is 5.02. The van der Waals surface area contributed by atoms with Crippen LogP contribution in [0, 0.1) is 6.92 Å². The fourth-order valence-electron chi connectivity index (χ4n) is 2.69. The molecule has 0 amide bonds. The minimum absolute atomic E-state index is 0.322. The molecule has 1 unspecified atom stereocenters. The van der Waals surface area contributed by atoms with Crippen LogP contribution in [-0.4, -0.2) is 4.98 Å². The highest BCUT2D eigenvalue weighted by Gasteiger charge is 2.21. The topological polar surface area (TPSA) is 24.9 Å². The van der Waals surface area contributed by atoms with E-state index >= 15 is 0 Å². The molecule has 1 aliphatic rings. The standard InChI is InChI=1S/C16H17BrN2/c1-11-7-8-13(17)15(10-11)19-14-6-2-4-12-5-3-9-18-16(12)14/h3,5,7-10,14,19H,2,4,6H2,1H3. The minimum atomic E-state index is 0.322. The van der Waals surface area contributed by atoms with E-state index in [2.05, 4.69) is 57.4 Å². The number of benzene rings is 1. The molecule has 0 saturated heterocycles. The van der Waals surface area contributed by atoms with Gasteiger partial charge in [-0.25, -0.2) is 0 Å². The van der Waals surface area contributed by atoms with Gasteiger partial charge in [-0.1, -0.05) is 12.1 Å². The predicted molar refractivity (Wildman–Crippen MR) is 82.4 cm³/mol. The van der Waals surface area contributed by atoms with E-state index in [9.17, 15) is 0 Å². The molecule has 1 aliphatic carbocycles. The number of aryl methyl sites for hydroxylation is 2. The number of aromatic nitrogens is 1. The number of nitrogens with zero attached hydrogens (tertiary/aromatic N) is 1. The minimum Gasteiger partial charge on any atom is -0.376 e. The maximum absolute atomic E-state index is 4.57. The lowest BCUT2D eigenvalue weighted by molar-refractivity contribution is 0.583. The van der Waals surface area contributed by atoms with Crippen LogP contribution in [0.25, 0.3) is 0 Å². The van der Waals surface area contributed by atoms with E-state index in [-0.39, 0.29) is 0 Å². The summed E-state index contributed by atoms with van der Waals surface area (Å²) in [4.78, 5) is 4.57. The van der Waals surface area contributed by atoms with E-state index in [0.29, 0.717) is 6.04 Å². The van der Waals surface area contributed by atoms with Crippen molar-refractivity contribution in [2.75, 3.05) is 5.32 Å². The van der Waals surface area contributed by atoms with Gasteiger partial charge in [0.1, 0.15) is 0 Å². The Bertz CT molecular complexity index is 595. The summed E-state index contributed by atoms with van der Waals surface area (Å²) in [6.07, 6.45) is 5.41. The van der Waals surface area contributed by atoms with Crippen molar-refractivity contribution in [3.05, 3.63) is 57.8 Å². The molecule has 98 valence electrons. The van der Waals surface area contributed by atoms with Crippen LogP contribution >= 0.6 is 15.9 Å². The summed E-state index contributed by atoms with van der Waals surface area (Å²) < 4.78 is 1.11. The maximum atomic E-state index is 4.57. The number of halogens is 1. The molecule has 19 heavy (non-hydrogen) atoms. The quantitative estimate of drug-likeness (QED) is 0.872. The second-order valence-electron chi connectivity index (χ2n) is 5.12. The summed E-state index contributed by atoms with van der Waals surface area (Å²) in [5, 5.41) is 3.64. The van der Waals surface area contributed by atoms with Crippen LogP contribution in [0.5, 0.6) is 0 Å². The first-order valence-electron chi connectivity index (χ1n) is 6.70. The summed E-state index contributed by atoms with van der Waals surface area (Å²) in [6.45, 7) is 2.12. The number of anilines is 1. The Morgan fingerprint density at radius 3 is 3.11 bits per heavy atom. The average molecular weight is 317 g/mol. The van der Waals surface area contributed by atoms with Gasteiger partial charge in [-0.2, -0.15) is 0 Å². The summed E-state index contributed by atoms with van der Waals surface area (Å²) in [6, 6.07) is 10.9. The highest BCUT2D eigenvalue weighted by molar-refractivity contribution is 9.10. The van der Waals surface area contributed by atoms with E-state index in [1.807, 2.05) is 12.3 Å². The number of pyridine rings is 1. The highest BCUT2D eigenvalue weighted by atomic mass is 79.9. The molecular weight excluding hydrogens is 300 g/mol. The van der Waals surface area contributed by atoms with Crippen molar-refractivity contribution in [2.24, 2.45) is 0 Å². The van der Waals surface area contributed by atoms with E-state index < -0.39 is 0 Å². The van der Waals surface area contributed by atoms with Crippen molar-refractivity contribution in [2.45, 2.75) is 32.2 Å². The molecule has 0 fully saturated rings. The Morgan fingerprint density at radius 2 is 2.21 bits per heavy atom. The third kappa shape index (κ3) is 2.66. The Labute approximate surface area is 122 Å². The van der Waals surface area contributed by atoms with E-state index in [1.54, 1.807) is 0 Å². The van der Waals surface area contributed by atoms with E-state index in [4.69, 9.17) is 0 Å². The molecule has 1 aromatic carbocycles. The number of rotatable bonds is 2. The van der Waals surface area contributed by atoms with Crippen LogP contribution in [0.15, 0.2) is 41.0 Å². The molecule has 1 aromatic heterocycles. The van der Waals surface area contributed by atoms with E-state index in [1.165, 1.54) is 23.2 Å². The molecule has 0 spiro atoms. The van der Waals surface area contributed by atoms with Gasteiger partial charge >= 0.3 is 0 Å². The van der Waals surface area contributed by atoms with Gasteiger partial charge in [-0.15, -0.1) is 0 Å². The number of nitrogens with one attached hydrogen (secondary N) is 1. The van der Waals surface area contributed by atoms with Crippen molar-refractivity contribution in [3.8, 4) is 0 Å². The van der Waals surface area contributed by atoms with Crippen molar-refractivity contribution in [3.63, 3.8) is 0 Å². The molecular formula is C16H17BrN2. The summed E-state index contributed by atoms with van der Waals surface area (Å²) in [7, 11) is 0. The van der Waals surface area contributed by atoms with Crippen LogP contribution < -0.4 is 5.32 Å². The van der Waals surface area contributed by atoms with Gasteiger partial charge in [-0.3, -0.25) is 4.98 Å². The van der Waals surface area contributed by atoms with Gasteiger partial charge in [0.05, 0.1) is 11.7 Å². The summed E-state index contributed by atoms with van der Waals surface area (Å²) in [5.74, 6) is 0. The van der Waals surface area contributed by atoms with Crippen LogP contribution in [0.2, 0.25) is 0 Å². The van der Waals surface area contributed by atoms with E-state index in [0.717, 1.165) is 23.0 Å². The zero-order valence-electron chi connectivity index (χ0n) is 11.0. The monoisotopic (exact) mass is 316 g/mol. The Morgan fingerprint density at radius 1 is 1.32 bits per heavy atom. The van der Waals surface area contributed by atoms with Crippen molar-refractivity contribution in [1.29, 1.82) is 0 Å². The van der Waals surface area contributed by atoms with Crippen LogP contribution in [0.1, 0.15) is 35.7 Å². The molecule has 1 heterocycles. The Balaban J connectivity index is 1.90. The molecule has 2 aromatic rings. The zero-order valence-corrected chi connectivity index (χ0v) is 12.6. The molecule has 1 atom stereocenters. The van der Waals surface area contributed by atoms with Gasteiger partial charge in [0.2, 0.25) is 0 Å². The number of hydrogen-bond donors (Lipinski definition) is 1. The average Bonchev–Trinajstić information content (AvgIpc) is 2.43. The highest BCUT2D eigenvalue weighted by Crippen LogP contribution is 2.33. The van der Waals surface area contributed by atoms with Crippen molar-refractivity contribution in [1.82, 2.24) is 4.98 Å². The first-order valence-corrected chi connectivity index (χ1v) is 7.50. The molecule has 3 heteroatoms. The smallest absolute Gasteiger partial charge is 0.0688 e. The third-order valence-electron chi connectivity index (χ3n) is 3.65. The van der Waals surface area contributed by atoms with Crippen molar-refractivity contribution >= 4 is 21.6 Å². The van der Waals surface area contributed by atoms with Gasteiger partial charge in [0.25, 0.3) is 0 Å². The van der Waals surface area contributed by atoms with Gasteiger partial charge in [-0.05, 0) is 71.4 Å². The lowest BCUT2D eigenvalue weighted by Crippen LogP contribution is -2.19. The molecule has 0 radical (unpaired) electrons. The van der Waals surface area contributed by atoms with Crippen LogP contribution in [-0.2, 0) is 6.42 Å². The molecule has 1 N–H and O–H groups in total. The second kappa shape index (κ2) is 5.33. The lowest BCUT2D eigenvalue weighted by atomic mass is 9.92. The third-order valence-corrected chi connectivity index (χ3v) is 4.34.